The molecule has 1 atom stereocenters. The number of alkyl halides is 3. The van der Waals surface area contributed by atoms with E-state index in [1.54, 1.807) is 30.3 Å². The maximum atomic E-state index is 13.9. The molecule has 2 aliphatic rings. The highest BCUT2D eigenvalue weighted by molar-refractivity contribution is 6.07. The molecule has 1 amide bonds. The summed E-state index contributed by atoms with van der Waals surface area (Å²) < 4.78 is 52.3. The number of hydrogen-bond acceptors (Lipinski definition) is 5. The van der Waals surface area contributed by atoms with Crippen LogP contribution in [0.5, 0.6) is 11.5 Å². The van der Waals surface area contributed by atoms with Gasteiger partial charge in [-0.05, 0) is 41.7 Å². The van der Waals surface area contributed by atoms with E-state index in [1.165, 1.54) is 26.4 Å². The van der Waals surface area contributed by atoms with Crippen LogP contribution in [0, 0.1) is 5.41 Å². The Morgan fingerprint density at radius 2 is 1.74 bits per heavy atom. The number of anilines is 2. The number of benzene rings is 2. The molecule has 0 aromatic heterocycles. The van der Waals surface area contributed by atoms with Crippen molar-refractivity contribution in [3.05, 3.63) is 59.3 Å². The smallest absolute Gasteiger partial charge is 0.471 e. The zero-order chi connectivity index (χ0) is 24.8. The van der Waals surface area contributed by atoms with E-state index in [-0.39, 0.29) is 29.2 Å². The number of carbonyl (C=O) groups excluding carboxylic acids is 2. The first kappa shape index (κ1) is 23.7. The van der Waals surface area contributed by atoms with Crippen molar-refractivity contribution in [2.24, 2.45) is 5.41 Å². The van der Waals surface area contributed by atoms with E-state index in [1.807, 2.05) is 13.8 Å². The van der Waals surface area contributed by atoms with Crippen LogP contribution in [-0.2, 0) is 9.59 Å². The first-order valence-corrected chi connectivity index (χ1v) is 10.7. The number of Topliss-reactive ketones (excluding diaryl/α,β-unsaturated/α-hetero) is 1. The summed E-state index contributed by atoms with van der Waals surface area (Å²) in [6.07, 6.45) is -4.59. The minimum absolute atomic E-state index is 0.0321. The third kappa shape index (κ3) is 4.10. The van der Waals surface area contributed by atoms with E-state index in [0.717, 1.165) is 0 Å². The third-order valence-corrected chi connectivity index (χ3v) is 6.09. The minimum atomic E-state index is -5.16. The lowest BCUT2D eigenvalue weighted by atomic mass is 9.73. The third-order valence-electron chi connectivity index (χ3n) is 6.09. The zero-order valence-electron chi connectivity index (χ0n) is 19.2. The number of hydrogen-bond donors (Lipinski definition) is 1. The molecule has 2 aromatic rings. The summed E-state index contributed by atoms with van der Waals surface area (Å²) in [6, 6.07) is 9.54. The number of methoxy groups -OCH3 is 2. The van der Waals surface area contributed by atoms with Gasteiger partial charge in [-0.1, -0.05) is 32.0 Å². The molecule has 1 unspecified atom stereocenters. The maximum Gasteiger partial charge on any atom is 0.471 e. The van der Waals surface area contributed by atoms with E-state index < -0.39 is 23.5 Å². The van der Waals surface area contributed by atoms with E-state index in [0.29, 0.717) is 34.0 Å². The predicted molar refractivity (Wildman–Crippen MR) is 121 cm³/mol. The SMILES string of the molecule is COc1ccc(C2C3=C(CC(C)(C)CC3=O)Nc3ccccc3N2C(=O)C(F)(F)F)cc1OC. The van der Waals surface area contributed by atoms with Crippen LogP contribution in [0.1, 0.15) is 38.3 Å². The number of amides is 1. The Balaban J connectivity index is 2.05. The Kier molecular flexibility index (Phi) is 5.83. The van der Waals surface area contributed by atoms with E-state index in [4.69, 9.17) is 9.47 Å². The number of halogens is 3. The molecule has 4 rings (SSSR count). The van der Waals surface area contributed by atoms with Gasteiger partial charge in [0.2, 0.25) is 0 Å². The zero-order valence-corrected chi connectivity index (χ0v) is 19.2. The summed E-state index contributed by atoms with van der Waals surface area (Å²) in [7, 11) is 2.85. The summed E-state index contributed by atoms with van der Waals surface area (Å²) in [5.74, 6) is -1.73. The number of para-hydroxylation sites is 2. The monoisotopic (exact) mass is 474 g/mol. The van der Waals surface area contributed by atoms with Gasteiger partial charge < -0.3 is 14.8 Å². The number of carbonyl (C=O) groups is 2. The number of ether oxygens (including phenoxy) is 2. The lowest BCUT2D eigenvalue weighted by molar-refractivity contribution is -0.170. The molecule has 34 heavy (non-hydrogen) atoms. The van der Waals surface area contributed by atoms with Crippen LogP contribution in [-0.4, -0.2) is 32.1 Å². The average Bonchev–Trinajstić information content (AvgIpc) is 2.90. The van der Waals surface area contributed by atoms with E-state index >= 15 is 0 Å². The van der Waals surface area contributed by atoms with Crippen LogP contribution >= 0.6 is 0 Å². The van der Waals surface area contributed by atoms with E-state index in [2.05, 4.69) is 5.32 Å². The fraction of sp³-hybridized carbons (Fsp3) is 0.360. The molecule has 0 spiro atoms. The summed E-state index contributed by atoms with van der Waals surface area (Å²) in [5, 5.41) is 3.18. The van der Waals surface area contributed by atoms with Crippen molar-refractivity contribution in [3.8, 4) is 11.5 Å². The normalized spacial score (nSPS) is 19.6. The molecule has 1 N–H and O–H groups in total. The molecule has 0 radical (unpaired) electrons. The van der Waals surface area contributed by atoms with Gasteiger partial charge >= 0.3 is 12.1 Å². The second-order valence-corrected chi connectivity index (χ2v) is 9.17. The number of ketones is 1. The molecule has 0 saturated carbocycles. The highest BCUT2D eigenvalue weighted by Gasteiger charge is 2.50. The van der Waals surface area contributed by atoms with Gasteiger partial charge in [0.05, 0.1) is 31.6 Å². The van der Waals surface area contributed by atoms with Gasteiger partial charge in [0.15, 0.2) is 17.3 Å². The number of nitrogens with zero attached hydrogens (tertiary/aromatic N) is 1. The molecule has 0 fully saturated rings. The number of rotatable bonds is 3. The van der Waals surface area contributed by atoms with Gasteiger partial charge in [-0.3, -0.25) is 14.5 Å². The highest BCUT2D eigenvalue weighted by atomic mass is 19.4. The molecule has 0 saturated heterocycles. The second kappa shape index (κ2) is 8.38. The summed E-state index contributed by atoms with van der Waals surface area (Å²) >= 11 is 0. The van der Waals surface area contributed by atoms with Crippen LogP contribution in [0.4, 0.5) is 24.5 Å². The van der Waals surface area contributed by atoms with Crippen molar-refractivity contribution in [1.29, 1.82) is 0 Å². The molecule has 180 valence electrons. The summed E-state index contributed by atoms with van der Waals surface area (Å²) in [5.41, 5.74) is 0.898. The molecule has 2 aromatic carbocycles. The number of nitrogens with one attached hydrogen (secondary N) is 1. The quantitative estimate of drug-likeness (QED) is 0.645. The topological polar surface area (TPSA) is 67.9 Å². The lowest BCUT2D eigenvalue weighted by Crippen LogP contribution is -2.45. The van der Waals surface area contributed by atoms with Crippen LogP contribution in [0.2, 0.25) is 0 Å². The fourth-order valence-corrected chi connectivity index (χ4v) is 4.69. The van der Waals surface area contributed by atoms with Gasteiger partial charge in [-0.2, -0.15) is 13.2 Å². The predicted octanol–water partition coefficient (Wildman–Crippen LogP) is 5.41. The van der Waals surface area contributed by atoms with Gasteiger partial charge in [-0.15, -0.1) is 0 Å². The lowest BCUT2D eigenvalue weighted by Gasteiger charge is -2.37. The summed E-state index contributed by atoms with van der Waals surface area (Å²) in [6.45, 7) is 3.86. The standard InChI is InChI=1S/C25H25F3N2O4/c1-24(2)12-16-21(18(31)13-24)22(14-9-10-19(33-3)20(11-14)34-4)30(23(32)25(26,27)28)17-8-6-5-7-15(17)29-16/h5-11,22,29H,12-13H2,1-4H3. The van der Waals surface area contributed by atoms with Gasteiger partial charge in [0, 0.05) is 17.7 Å². The van der Waals surface area contributed by atoms with Crippen molar-refractivity contribution in [3.63, 3.8) is 0 Å². The summed E-state index contributed by atoms with van der Waals surface area (Å²) in [4.78, 5) is 27.0. The Labute approximate surface area is 195 Å². The van der Waals surface area contributed by atoms with Crippen molar-refractivity contribution in [2.45, 2.75) is 38.9 Å². The second-order valence-electron chi connectivity index (χ2n) is 9.17. The molecule has 1 heterocycles. The number of fused-ring (bicyclic) bond motifs is 1. The highest BCUT2D eigenvalue weighted by Crippen LogP contribution is 2.50. The van der Waals surface area contributed by atoms with Crippen molar-refractivity contribution in [2.75, 3.05) is 24.4 Å². The average molecular weight is 474 g/mol. The van der Waals surface area contributed by atoms with Crippen LogP contribution < -0.4 is 19.7 Å². The first-order chi connectivity index (χ1) is 16.0. The van der Waals surface area contributed by atoms with Gasteiger partial charge in [-0.25, -0.2) is 0 Å². The largest absolute Gasteiger partial charge is 0.493 e. The molecule has 1 aliphatic carbocycles. The number of allylic oxidation sites excluding steroid dienone is 1. The first-order valence-electron chi connectivity index (χ1n) is 10.7. The molecule has 9 heteroatoms. The Morgan fingerprint density at radius 1 is 1.06 bits per heavy atom. The van der Waals surface area contributed by atoms with Crippen molar-refractivity contribution < 1.29 is 32.2 Å². The molecular weight excluding hydrogens is 449 g/mol. The van der Waals surface area contributed by atoms with Gasteiger partial charge in [0.1, 0.15) is 0 Å². The molecular formula is C25H25F3N2O4. The molecule has 1 aliphatic heterocycles. The minimum Gasteiger partial charge on any atom is -0.493 e. The Hall–Kier alpha value is -3.49. The molecule has 6 nitrogen and oxygen atoms in total. The fourth-order valence-electron chi connectivity index (χ4n) is 4.69. The van der Waals surface area contributed by atoms with Gasteiger partial charge in [0.25, 0.3) is 0 Å². The Morgan fingerprint density at radius 3 is 2.38 bits per heavy atom. The molecule has 0 bridgehead atoms. The van der Waals surface area contributed by atoms with Crippen molar-refractivity contribution >= 4 is 23.1 Å². The van der Waals surface area contributed by atoms with Crippen LogP contribution in [0.15, 0.2) is 53.7 Å². The Bertz CT molecular complexity index is 1190. The van der Waals surface area contributed by atoms with Crippen LogP contribution in [0.3, 0.4) is 0 Å². The van der Waals surface area contributed by atoms with E-state index in [9.17, 15) is 22.8 Å². The van der Waals surface area contributed by atoms with Crippen LogP contribution in [0.25, 0.3) is 0 Å². The van der Waals surface area contributed by atoms with Crippen molar-refractivity contribution in [1.82, 2.24) is 0 Å². The maximum absolute atomic E-state index is 13.9.